The Morgan fingerprint density at radius 2 is 1.69 bits per heavy atom. The normalized spacial score (nSPS) is 14.3. The van der Waals surface area contributed by atoms with Gasteiger partial charge in [-0.3, -0.25) is 9.55 Å². The zero-order valence-corrected chi connectivity index (χ0v) is 21.5. The fourth-order valence-electron chi connectivity index (χ4n) is 4.09. The first-order valence-electron chi connectivity index (χ1n) is 11.6. The van der Waals surface area contributed by atoms with E-state index in [9.17, 15) is 31.1 Å². The average Bonchev–Trinajstić information content (AvgIpc) is 3.43. The molecule has 0 saturated heterocycles. The summed E-state index contributed by atoms with van der Waals surface area (Å²) in [5.41, 5.74) is 11.3. The van der Waals surface area contributed by atoms with Crippen molar-refractivity contribution in [1.82, 2.24) is 19.7 Å². The number of benzene rings is 1. The lowest BCUT2D eigenvalue weighted by atomic mass is 9.99. The summed E-state index contributed by atoms with van der Waals surface area (Å²) >= 11 is 0. The Morgan fingerprint density at radius 1 is 1.10 bits per heavy atom. The number of ether oxygens (including phenoxy) is 1. The minimum Gasteiger partial charge on any atom is -0.488 e. The number of halogens is 6. The quantitative estimate of drug-likeness (QED) is 0.251. The second-order valence-electron chi connectivity index (χ2n) is 8.51. The first-order valence-corrected chi connectivity index (χ1v) is 11.6. The highest BCUT2D eigenvalue weighted by Crippen LogP contribution is 2.43. The molecule has 4 heterocycles. The molecule has 0 radical (unpaired) electrons. The largest absolute Gasteiger partial charge is 0.490 e. The van der Waals surface area contributed by atoms with Crippen LogP contribution in [0.3, 0.4) is 0 Å². The third-order valence-electron chi connectivity index (χ3n) is 5.80. The SMILES string of the molecule is Cc1noc(C)c1-c1ccc2[nH]c(=O)n3c2c1OCC3c1cccnc1CN.O=C(O)C(F)(F)F.O=C(O)C(F)(F)F. The number of rotatable bonds is 3. The van der Waals surface area contributed by atoms with Gasteiger partial charge in [-0.05, 0) is 32.0 Å². The average molecular weight is 605 g/mol. The molecule has 0 saturated carbocycles. The van der Waals surface area contributed by atoms with Gasteiger partial charge in [0, 0.05) is 23.9 Å². The van der Waals surface area contributed by atoms with Gasteiger partial charge in [-0.15, -0.1) is 0 Å². The smallest absolute Gasteiger partial charge is 0.488 e. The molecule has 5 N–H and O–H groups in total. The minimum atomic E-state index is -5.08. The molecule has 0 bridgehead atoms. The van der Waals surface area contributed by atoms with Crippen molar-refractivity contribution in [1.29, 1.82) is 0 Å². The number of carbonyl (C=O) groups is 2. The molecular formula is C24H21F6N5O7. The van der Waals surface area contributed by atoms with E-state index >= 15 is 0 Å². The number of nitrogens with two attached hydrogens (primary N) is 1. The number of alkyl halides is 6. The fourth-order valence-corrected chi connectivity index (χ4v) is 4.09. The molecule has 0 amide bonds. The molecule has 1 unspecified atom stereocenters. The minimum absolute atomic E-state index is 0.188. The van der Waals surface area contributed by atoms with Gasteiger partial charge in [-0.1, -0.05) is 11.2 Å². The van der Waals surface area contributed by atoms with E-state index in [1.165, 1.54) is 0 Å². The summed E-state index contributed by atoms with van der Waals surface area (Å²) in [4.78, 5) is 37.9. The summed E-state index contributed by atoms with van der Waals surface area (Å²) in [6.07, 6.45) is -8.46. The molecule has 0 fully saturated rings. The van der Waals surface area contributed by atoms with Crippen molar-refractivity contribution in [2.45, 2.75) is 38.8 Å². The third kappa shape index (κ3) is 6.54. The van der Waals surface area contributed by atoms with Gasteiger partial charge in [0.2, 0.25) is 0 Å². The predicted octanol–water partition coefficient (Wildman–Crippen LogP) is 3.70. The number of hydrogen-bond donors (Lipinski definition) is 4. The Kier molecular flexibility index (Phi) is 8.99. The second-order valence-corrected chi connectivity index (χ2v) is 8.51. The van der Waals surface area contributed by atoms with Crippen molar-refractivity contribution >= 4 is 23.0 Å². The summed E-state index contributed by atoms with van der Waals surface area (Å²) in [6, 6.07) is 7.30. The van der Waals surface area contributed by atoms with Crippen molar-refractivity contribution < 1.29 is 55.4 Å². The highest BCUT2D eigenvalue weighted by atomic mass is 19.4. The topological polar surface area (TPSA) is 187 Å². The fraction of sp³-hybridized carbons (Fsp3) is 0.292. The lowest BCUT2D eigenvalue weighted by molar-refractivity contribution is -0.193. The van der Waals surface area contributed by atoms with Gasteiger partial charge in [0.1, 0.15) is 17.9 Å². The Balaban J connectivity index is 0.000000289. The second kappa shape index (κ2) is 11.9. The number of aryl methyl sites for hydroxylation is 2. The van der Waals surface area contributed by atoms with Crippen molar-refractivity contribution in [3.63, 3.8) is 0 Å². The molecule has 3 aromatic heterocycles. The number of carboxylic acid groups (broad SMARTS) is 2. The van der Waals surface area contributed by atoms with Crippen LogP contribution < -0.4 is 16.2 Å². The van der Waals surface area contributed by atoms with Crippen LogP contribution in [0.4, 0.5) is 26.3 Å². The predicted molar refractivity (Wildman–Crippen MR) is 131 cm³/mol. The van der Waals surface area contributed by atoms with Crippen LogP contribution >= 0.6 is 0 Å². The number of H-pyrrole nitrogens is 1. The lowest BCUT2D eigenvalue weighted by Gasteiger charge is -2.27. The first-order chi connectivity index (χ1) is 19.5. The number of pyridine rings is 1. The van der Waals surface area contributed by atoms with Crippen LogP contribution in [0, 0.1) is 13.8 Å². The van der Waals surface area contributed by atoms with Crippen LogP contribution in [-0.2, 0) is 16.1 Å². The van der Waals surface area contributed by atoms with Crippen molar-refractivity contribution in [2.75, 3.05) is 6.61 Å². The van der Waals surface area contributed by atoms with E-state index in [1.54, 1.807) is 10.8 Å². The highest BCUT2D eigenvalue weighted by Gasteiger charge is 2.39. The van der Waals surface area contributed by atoms with Gasteiger partial charge in [-0.25, -0.2) is 14.4 Å². The Hall–Kier alpha value is -4.87. The summed E-state index contributed by atoms with van der Waals surface area (Å²) in [7, 11) is 0. The monoisotopic (exact) mass is 605 g/mol. The number of aromatic nitrogens is 4. The Bertz CT molecular complexity index is 1630. The molecule has 1 aliphatic heterocycles. The molecule has 4 aromatic rings. The van der Waals surface area contributed by atoms with Gasteiger partial charge in [-0.2, -0.15) is 26.3 Å². The molecule has 1 aromatic carbocycles. The van der Waals surface area contributed by atoms with Gasteiger partial charge >= 0.3 is 30.0 Å². The molecule has 12 nitrogen and oxygen atoms in total. The molecule has 5 rings (SSSR count). The van der Waals surface area contributed by atoms with E-state index in [1.807, 2.05) is 38.1 Å². The molecule has 1 aliphatic rings. The van der Waals surface area contributed by atoms with E-state index in [4.69, 9.17) is 34.8 Å². The third-order valence-corrected chi connectivity index (χ3v) is 5.80. The molecule has 0 spiro atoms. The maximum atomic E-state index is 12.8. The van der Waals surface area contributed by atoms with Crippen LogP contribution in [0.15, 0.2) is 39.8 Å². The summed E-state index contributed by atoms with van der Waals surface area (Å²) in [5.74, 6) is -4.15. The molecule has 226 valence electrons. The van der Waals surface area contributed by atoms with Crippen LogP contribution in [0.2, 0.25) is 0 Å². The Morgan fingerprint density at radius 3 is 2.19 bits per heavy atom. The Labute approximate surface area is 230 Å². The summed E-state index contributed by atoms with van der Waals surface area (Å²) in [5, 5.41) is 18.3. The first kappa shape index (κ1) is 31.7. The van der Waals surface area contributed by atoms with E-state index in [-0.39, 0.29) is 11.7 Å². The summed E-state index contributed by atoms with van der Waals surface area (Å²) < 4.78 is 76.8. The van der Waals surface area contributed by atoms with E-state index in [2.05, 4.69) is 15.1 Å². The van der Waals surface area contributed by atoms with Gasteiger partial charge in [0.05, 0.1) is 28.5 Å². The molecule has 18 heteroatoms. The number of aliphatic carboxylic acids is 2. The lowest BCUT2D eigenvalue weighted by Crippen LogP contribution is -2.31. The number of aromatic amines is 1. The maximum Gasteiger partial charge on any atom is 0.490 e. The van der Waals surface area contributed by atoms with Gasteiger partial charge in [0.15, 0.2) is 5.75 Å². The molecular weight excluding hydrogens is 584 g/mol. The van der Waals surface area contributed by atoms with E-state index in [0.717, 1.165) is 39.1 Å². The van der Waals surface area contributed by atoms with Crippen LogP contribution in [0.5, 0.6) is 5.75 Å². The number of hydrogen-bond acceptors (Lipinski definition) is 8. The standard InChI is InChI=1S/C20H19N5O3.2C2HF3O2/c1-10-17(11(2)28-24-10)13-5-6-14-18-19(13)27-9-16(25(18)20(26)23-14)12-4-3-7-22-15(12)8-21;2*3-2(4,5)1(6)7/h3-7,16H,8-9,21H2,1-2H3,(H,23,26);2*(H,6,7). The van der Waals surface area contributed by atoms with Crippen molar-refractivity contribution in [2.24, 2.45) is 5.73 Å². The van der Waals surface area contributed by atoms with E-state index in [0.29, 0.717) is 24.7 Å². The number of nitrogens with one attached hydrogen (secondary N) is 1. The van der Waals surface area contributed by atoms with Crippen LogP contribution in [0.25, 0.3) is 22.2 Å². The number of carboxylic acids is 2. The number of imidazole rings is 1. The zero-order chi connectivity index (χ0) is 31.6. The zero-order valence-electron chi connectivity index (χ0n) is 21.5. The van der Waals surface area contributed by atoms with Gasteiger partial charge < -0.3 is 30.2 Å². The van der Waals surface area contributed by atoms with E-state index < -0.39 is 24.3 Å². The van der Waals surface area contributed by atoms with Crippen molar-refractivity contribution in [3.8, 4) is 16.9 Å². The molecule has 42 heavy (non-hydrogen) atoms. The number of nitrogens with zero attached hydrogens (tertiary/aromatic N) is 3. The summed E-state index contributed by atoms with van der Waals surface area (Å²) in [6.45, 7) is 4.35. The van der Waals surface area contributed by atoms with Crippen molar-refractivity contribution in [3.05, 3.63) is 63.7 Å². The molecule has 0 aliphatic carbocycles. The molecule has 1 atom stereocenters. The van der Waals surface area contributed by atoms with Gasteiger partial charge in [0.25, 0.3) is 0 Å². The maximum absolute atomic E-state index is 12.8. The van der Waals surface area contributed by atoms with Crippen LogP contribution in [-0.4, -0.2) is 60.8 Å². The van der Waals surface area contributed by atoms with Crippen LogP contribution in [0.1, 0.15) is 28.8 Å². The highest BCUT2D eigenvalue weighted by molar-refractivity contribution is 5.92.